The number of nitriles is 1. The number of aromatic nitrogens is 3. The van der Waals surface area contributed by atoms with E-state index in [2.05, 4.69) is 21.1 Å². The van der Waals surface area contributed by atoms with Crippen molar-refractivity contribution in [2.75, 3.05) is 11.4 Å². The van der Waals surface area contributed by atoms with Gasteiger partial charge in [-0.2, -0.15) is 10.4 Å². The fourth-order valence-corrected chi connectivity index (χ4v) is 2.00. The van der Waals surface area contributed by atoms with Crippen LogP contribution in [0.15, 0.2) is 24.5 Å². The Morgan fingerprint density at radius 1 is 1.47 bits per heavy atom. The van der Waals surface area contributed by atoms with Gasteiger partial charge in [-0.05, 0) is 18.9 Å². The minimum Gasteiger partial charge on any atom is -0.352 e. The molecule has 86 valence electrons. The van der Waals surface area contributed by atoms with Crippen LogP contribution in [-0.4, -0.2) is 27.2 Å². The molecular formula is C12H13N5. The average molecular weight is 227 g/mol. The average Bonchev–Trinajstić information content (AvgIpc) is 3.07. The van der Waals surface area contributed by atoms with Crippen molar-refractivity contribution in [1.29, 1.82) is 5.26 Å². The maximum absolute atomic E-state index is 8.69. The zero-order valence-electron chi connectivity index (χ0n) is 9.45. The summed E-state index contributed by atoms with van der Waals surface area (Å²) in [6, 6.07) is 6.62. The van der Waals surface area contributed by atoms with Crippen LogP contribution < -0.4 is 4.90 Å². The molecule has 2 aromatic heterocycles. The lowest BCUT2D eigenvalue weighted by atomic mass is 10.3. The fourth-order valence-electron chi connectivity index (χ4n) is 2.00. The largest absolute Gasteiger partial charge is 0.352 e. The normalized spacial score (nSPS) is 14.8. The van der Waals surface area contributed by atoms with Crippen LogP contribution in [0, 0.1) is 11.3 Å². The van der Waals surface area contributed by atoms with Crippen molar-refractivity contribution in [1.82, 2.24) is 14.6 Å². The van der Waals surface area contributed by atoms with E-state index in [0.29, 0.717) is 12.5 Å². The second-order valence-electron chi connectivity index (χ2n) is 4.25. The molecule has 5 nitrogen and oxygen atoms in total. The molecule has 0 N–H and O–H groups in total. The summed E-state index contributed by atoms with van der Waals surface area (Å²) in [5.41, 5.74) is 0.852. The van der Waals surface area contributed by atoms with E-state index in [-0.39, 0.29) is 0 Å². The Labute approximate surface area is 99.3 Å². The van der Waals surface area contributed by atoms with Crippen molar-refractivity contribution in [2.45, 2.75) is 25.3 Å². The molecule has 0 spiro atoms. The molecule has 1 saturated carbocycles. The Hall–Kier alpha value is -2.09. The Morgan fingerprint density at radius 2 is 2.35 bits per heavy atom. The molecule has 1 fully saturated rings. The first kappa shape index (κ1) is 10.1. The van der Waals surface area contributed by atoms with Gasteiger partial charge < -0.3 is 4.90 Å². The van der Waals surface area contributed by atoms with Crippen molar-refractivity contribution in [3.8, 4) is 6.07 Å². The van der Waals surface area contributed by atoms with E-state index < -0.39 is 0 Å². The van der Waals surface area contributed by atoms with Gasteiger partial charge in [0.05, 0.1) is 18.7 Å². The lowest BCUT2D eigenvalue weighted by molar-refractivity contribution is 0.774. The molecule has 0 saturated heterocycles. The minimum atomic E-state index is 0.544. The summed E-state index contributed by atoms with van der Waals surface area (Å²) in [6.07, 6.45) is 6.61. The van der Waals surface area contributed by atoms with Crippen molar-refractivity contribution in [3.05, 3.63) is 24.5 Å². The van der Waals surface area contributed by atoms with Crippen molar-refractivity contribution >= 4 is 11.5 Å². The summed E-state index contributed by atoms with van der Waals surface area (Å²) in [4.78, 5) is 6.80. The molecule has 2 heterocycles. The van der Waals surface area contributed by atoms with E-state index in [1.807, 2.05) is 18.3 Å². The Bertz CT molecular complexity index is 564. The van der Waals surface area contributed by atoms with Gasteiger partial charge >= 0.3 is 0 Å². The Morgan fingerprint density at radius 3 is 3.12 bits per heavy atom. The molecule has 2 aromatic rings. The van der Waals surface area contributed by atoms with Crippen LogP contribution in [0.3, 0.4) is 0 Å². The Kier molecular flexibility index (Phi) is 2.41. The molecule has 0 amide bonds. The van der Waals surface area contributed by atoms with Gasteiger partial charge in [-0.1, -0.05) is 0 Å². The van der Waals surface area contributed by atoms with Gasteiger partial charge in [0, 0.05) is 24.8 Å². The van der Waals surface area contributed by atoms with E-state index >= 15 is 0 Å². The van der Waals surface area contributed by atoms with Gasteiger partial charge in [-0.15, -0.1) is 0 Å². The van der Waals surface area contributed by atoms with Crippen molar-refractivity contribution < 1.29 is 0 Å². The zero-order valence-corrected chi connectivity index (χ0v) is 9.45. The molecule has 0 radical (unpaired) electrons. The predicted octanol–water partition coefficient (Wildman–Crippen LogP) is 1.61. The molecule has 0 bridgehead atoms. The molecule has 0 aliphatic heterocycles. The summed E-state index contributed by atoms with van der Waals surface area (Å²) in [5.74, 6) is 0.954. The number of fused-ring (bicyclic) bond motifs is 1. The van der Waals surface area contributed by atoms with Crippen LogP contribution in [0.4, 0.5) is 5.82 Å². The summed E-state index contributed by atoms with van der Waals surface area (Å²) in [7, 11) is 0. The molecular weight excluding hydrogens is 214 g/mol. The third-order valence-electron chi connectivity index (χ3n) is 2.99. The zero-order chi connectivity index (χ0) is 11.7. The van der Waals surface area contributed by atoms with E-state index in [0.717, 1.165) is 18.0 Å². The fraction of sp³-hybridized carbons (Fsp3) is 0.417. The van der Waals surface area contributed by atoms with Crippen LogP contribution >= 0.6 is 0 Å². The highest BCUT2D eigenvalue weighted by atomic mass is 15.3. The SMILES string of the molecule is N#CCCN(c1ccn2nccc2n1)C1CC1. The number of hydrogen-bond acceptors (Lipinski definition) is 4. The molecule has 0 aromatic carbocycles. The summed E-state index contributed by atoms with van der Waals surface area (Å²) in [5, 5.41) is 12.8. The second kappa shape index (κ2) is 4.06. The molecule has 5 heteroatoms. The lowest BCUT2D eigenvalue weighted by Crippen LogP contribution is -2.27. The third-order valence-corrected chi connectivity index (χ3v) is 2.99. The van der Waals surface area contributed by atoms with E-state index in [4.69, 9.17) is 5.26 Å². The first-order valence-electron chi connectivity index (χ1n) is 5.82. The number of hydrogen-bond donors (Lipinski definition) is 0. The van der Waals surface area contributed by atoms with Crippen LogP contribution in [-0.2, 0) is 0 Å². The highest BCUT2D eigenvalue weighted by molar-refractivity contribution is 5.48. The van der Waals surface area contributed by atoms with Crippen LogP contribution in [0.5, 0.6) is 0 Å². The molecule has 17 heavy (non-hydrogen) atoms. The predicted molar refractivity (Wildman–Crippen MR) is 63.6 cm³/mol. The monoisotopic (exact) mass is 227 g/mol. The molecule has 1 aliphatic carbocycles. The summed E-state index contributed by atoms with van der Waals surface area (Å²) >= 11 is 0. The van der Waals surface area contributed by atoms with Gasteiger partial charge in [0.15, 0.2) is 5.65 Å². The first-order valence-corrected chi connectivity index (χ1v) is 5.82. The lowest BCUT2D eigenvalue weighted by Gasteiger charge is -2.22. The topological polar surface area (TPSA) is 57.2 Å². The third kappa shape index (κ3) is 1.94. The minimum absolute atomic E-state index is 0.544. The van der Waals surface area contributed by atoms with Gasteiger partial charge in [0.1, 0.15) is 5.82 Å². The number of nitrogens with zero attached hydrogens (tertiary/aromatic N) is 5. The van der Waals surface area contributed by atoms with E-state index in [9.17, 15) is 0 Å². The molecule has 1 aliphatic rings. The number of rotatable bonds is 4. The molecule has 0 atom stereocenters. The maximum atomic E-state index is 8.69. The summed E-state index contributed by atoms with van der Waals surface area (Å²) in [6.45, 7) is 0.762. The van der Waals surface area contributed by atoms with E-state index in [1.165, 1.54) is 12.8 Å². The highest BCUT2D eigenvalue weighted by Crippen LogP contribution is 2.30. The van der Waals surface area contributed by atoms with Crippen LogP contribution in [0.1, 0.15) is 19.3 Å². The summed E-state index contributed by atoms with van der Waals surface area (Å²) < 4.78 is 1.75. The number of anilines is 1. The highest BCUT2D eigenvalue weighted by Gasteiger charge is 2.29. The first-order chi connectivity index (χ1) is 8.38. The van der Waals surface area contributed by atoms with Gasteiger partial charge in [0.25, 0.3) is 0 Å². The maximum Gasteiger partial charge on any atom is 0.157 e. The van der Waals surface area contributed by atoms with Crippen LogP contribution in [0.2, 0.25) is 0 Å². The van der Waals surface area contributed by atoms with Gasteiger partial charge in [-0.25, -0.2) is 9.50 Å². The molecule has 3 rings (SSSR count). The Balaban J connectivity index is 1.91. The van der Waals surface area contributed by atoms with Crippen molar-refractivity contribution in [3.63, 3.8) is 0 Å². The van der Waals surface area contributed by atoms with E-state index in [1.54, 1.807) is 10.7 Å². The standard InChI is InChI=1S/C12H13N5/c13-6-1-8-16(10-2-3-10)11-5-9-17-12(15-11)4-7-14-17/h4-5,7,9-10H,1-3,8H2. The molecule has 0 unspecified atom stereocenters. The van der Waals surface area contributed by atoms with Crippen LogP contribution in [0.25, 0.3) is 5.65 Å². The van der Waals surface area contributed by atoms with Gasteiger partial charge in [0.2, 0.25) is 0 Å². The second-order valence-corrected chi connectivity index (χ2v) is 4.25. The van der Waals surface area contributed by atoms with Crippen molar-refractivity contribution in [2.24, 2.45) is 0 Å². The van der Waals surface area contributed by atoms with Gasteiger partial charge in [-0.3, -0.25) is 0 Å². The smallest absolute Gasteiger partial charge is 0.157 e. The quantitative estimate of drug-likeness (QED) is 0.796.